The molecule has 0 saturated carbocycles. The zero-order valence-corrected chi connectivity index (χ0v) is 14.4. The summed E-state index contributed by atoms with van der Waals surface area (Å²) in [5, 5.41) is 13.7. The molecule has 2 atom stereocenters. The zero-order chi connectivity index (χ0) is 17.5. The molecule has 0 aliphatic heterocycles. The maximum absolute atomic E-state index is 12.2. The lowest BCUT2D eigenvalue weighted by Crippen LogP contribution is -2.38. The van der Waals surface area contributed by atoms with Gasteiger partial charge in [-0.05, 0) is 30.5 Å². The summed E-state index contributed by atoms with van der Waals surface area (Å²) in [6, 6.07) is 7.21. The average Bonchev–Trinajstić information content (AvgIpc) is 3.10. The van der Waals surface area contributed by atoms with Crippen molar-refractivity contribution in [1.29, 1.82) is 0 Å². The van der Waals surface area contributed by atoms with Crippen LogP contribution in [-0.4, -0.2) is 35.1 Å². The molecule has 0 aliphatic rings. The number of carbonyl (C=O) groups excluding carboxylic acids is 1. The first-order valence-corrected chi connectivity index (χ1v) is 8.48. The van der Waals surface area contributed by atoms with Gasteiger partial charge in [-0.3, -0.25) is 9.59 Å². The number of hydrogen-bond donors (Lipinski definition) is 2. The summed E-state index contributed by atoms with van der Waals surface area (Å²) < 4.78 is 5.13. The monoisotopic (exact) mass is 348 g/mol. The number of thiazole rings is 1. The van der Waals surface area contributed by atoms with Gasteiger partial charge in [0.25, 0.3) is 5.91 Å². The second kappa shape index (κ2) is 8.44. The van der Waals surface area contributed by atoms with Crippen LogP contribution in [0.1, 0.15) is 29.4 Å². The Balaban J connectivity index is 2.08. The van der Waals surface area contributed by atoms with Crippen molar-refractivity contribution in [3.63, 3.8) is 0 Å². The molecular weight excluding hydrogens is 328 g/mol. The van der Waals surface area contributed by atoms with Crippen molar-refractivity contribution in [2.45, 2.75) is 25.8 Å². The van der Waals surface area contributed by atoms with Gasteiger partial charge in [0.05, 0.1) is 18.5 Å². The highest BCUT2D eigenvalue weighted by atomic mass is 32.1. The summed E-state index contributed by atoms with van der Waals surface area (Å²) in [6.45, 7) is 1.64. The molecule has 2 N–H and O–H groups in total. The lowest BCUT2D eigenvalue weighted by molar-refractivity contribution is -0.141. The van der Waals surface area contributed by atoms with Gasteiger partial charge in [0.15, 0.2) is 0 Å². The van der Waals surface area contributed by atoms with Crippen LogP contribution in [0.15, 0.2) is 35.2 Å². The van der Waals surface area contributed by atoms with Crippen LogP contribution in [0.2, 0.25) is 0 Å². The maximum atomic E-state index is 12.2. The van der Waals surface area contributed by atoms with Crippen LogP contribution in [0.4, 0.5) is 0 Å². The van der Waals surface area contributed by atoms with E-state index in [-0.39, 0.29) is 11.9 Å². The second-order valence-electron chi connectivity index (χ2n) is 5.57. The number of carboxylic acid groups (broad SMARTS) is 1. The first-order valence-electron chi connectivity index (χ1n) is 7.54. The molecule has 1 aromatic heterocycles. The van der Waals surface area contributed by atoms with Gasteiger partial charge < -0.3 is 15.2 Å². The molecule has 1 amide bonds. The predicted octanol–water partition coefficient (Wildman–Crippen LogP) is 2.60. The lowest BCUT2D eigenvalue weighted by atomic mass is 9.96. The molecule has 0 spiro atoms. The van der Waals surface area contributed by atoms with Crippen molar-refractivity contribution in [2.75, 3.05) is 7.11 Å². The highest BCUT2D eigenvalue weighted by Crippen LogP contribution is 2.16. The van der Waals surface area contributed by atoms with Crippen LogP contribution >= 0.6 is 11.3 Å². The zero-order valence-electron chi connectivity index (χ0n) is 13.6. The molecule has 0 bridgehead atoms. The fourth-order valence-corrected chi connectivity index (χ4v) is 2.88. The predicted molar refractivity (Wildman–Crippen MR) is 91.5 cm³/mol. The topological polar surface area (TPSA) is 88.5 Å². The second-order valence-corrected chi connectivity index (χ2v) is 6.29. The number of benzene rings is 1. The highest BCUT2D eigenvalue weighted by Gasteiger charge is 2.21. The molecule has 0 saturated heterocycles. The Labute approximate surface area is 144 Å². The van der Waals surface area contributed by atoms with Crippen LogP contribution in [0.5, 0.6) is 5.75 Å². The van der Waals surface area contributed by atoms with Crippen molar-refractivity contribution < 1.29 is 19.4 Å². The summed E-state index contributed by atoms with van der Waals surface area (Å²) in [6.07, 6.45) is 0.884. The van der Waals surface area contributed by atoms with Crippen LogP contribution in [0, 0.1) is 5.92 Å². The Kier molecular flexibility index (Phi) is 6.31. The molecule has 6 nitrogen and oxygen atoms in total. The molecule has 0 unspecified atom stereocenters. The summed E-state index contributed by atoms with van der Waals surface area (Å²) in [7, 11) is 1.60. The third-order valence-corrected chi connectivity index (χ3v) is 4.29. The Hall–Kier alpha value is -2.41. The molecule has 7 heteroatoms. The third kappa shape index (κ3) is 5.06. The number of aromatic nitrogens is 1. The number of amides is 1. The number of carbonyl (C=O) groups is 2. The highest BCUT2D eigenvalue weighted by molar-refractivity contribution is 7.07. The summed E-state index contributed by atoms with van der Waals surface area (Å²) in [5.74, 6) is -0.963. The third-order valence-electron chi connectivity index (χ3n) is 3.70. The van der Waals surface area contributed by atoms with E-state index >= 15 is 0 Å². The minimum atomic E-state index is -0.877. The smallest absolute Gasteiger partial charge is 0.306 e. The van der Waals surface area contributed by atoms with Crippen LogP contribution in [0.25, 0.3) is 0 Å². The summed E-state index contributed by atoms with van der Waals surface area (Å²) >= 11 is 1.34. The van der Waals surface area contributed by atoms with Gasteiger partial charge in [-0.15, -0.1) is 11.3 Å². The number of nitrogens with one attached hydrogen (secondary N) is 1. The van der Waals surface area contributed by atoms with Crippen LogP contribution in [-0.2, 0) is 11.2 Å². The Morgan fingerprint density at radius 3 is 2.58 bits per heavy atom. The first-order chi connectivity index (χ1) is 11.5. The Morgan fingerprint density at radius 2 is 2.04 bits per heavy atom. The van der Waals surface area contributed by atoms with Gasteiger partial charge >= 0.3 is 5.97 Å². The van der Waals surface area contributed by atoms with E-state index in [0.717, 1.165) is 11.3 Å². The average molecular weight is 348 g/mol. The van der Waals surface area contributed by atoms with Crippen LogP contribution < -0.4 is 10.1 Å². The van der Waals surface area contributed by atoms with E-state index in [1.54, 1.807) is 24.9 Å². The van der Waals surface area contributed by atoms with Gasteiger partial charge in [-0.1, -0.05) is 19.1 Å². The quantitative estimate of drug-likeness (QED) is 0.765. The summed E-state index contributed by atoms with van der Waals surface area (Å²) in [5.41, 5.74) is 2.94. The molecule has 1 aromatic carbocycles. The molecule has 0 radical (unpaired) electrons. The Bertz CT molecular complexity index is 670. The number of carboxylic acids is 1. The number of aliphatic carboxylic acids is 1. The molecule has 0 aliphatic carbocycles. The molecule has 24 heavy (non-hydrogen) atoms. The number of hydrogen-bond acceptors (Lipinski definition) is 5. The van der Waals surface area contributed by atoms with Crippen molar-refractivity contribution >= 4 is 23.2 Å². The number of ether oxygens (including phenoxy) is 1. The van der Waals surface area contributed by atoms with E-state index in [2.05, 4.69) is 10.3 Å². The minimum absolute atomic E-state index is 0.285. The molecular formula is C17H20N2O4S. The van der Waals surface area contributed by atoms with Gasteiger partial charge in [0, 0.05) is 11.4 Å². The van der Waals surface area contributed by atoms with Crippen molar-refractivity contribution in [1.82, 2.24) is 10.3 Å². The van der Waals surface area contributed by atoms with Gasteiger partial charge in [0.1, 0.15) is 11.4 Å². The standard InChI is InChI=1S/C17H20N2O4S/c1-11(17(21)22)7-13(19-16(20)15-9-24-10-18-15)8-12-3-5-14(23-2)6-4-12/h3-6,9-11,13H,7-8H2,1-2H3,(H,19,20)(H,21,22)/t11-,13+/m0/s1. The van der Waals surface area contributed by atoms with E-state index in [1.165, 1.54) is 11.3 Å². The van der Waals surface area contributed by atoms with Gasteiger partial charge in [0.2, 0.25) is 0 Å². The van der Waals surface area contributed by atoms with E-state index in [1.807, 2.05) is 24.3 Å². The van der Waals surface area contributed by atoms with E-state index in [4.69, 9.17) is 9.84 Å². The lowest BCUT2D eigenvalue weighted by Gasteiger charge is -2.20. The van der Waals surface area contributed by atoms with Crippen molar-refractivity contribution in [3.8, 4) is 5.75 Å². The maximum Gasteiger partial charge on any atom is 0.306 e. The molecule has 1 heterocycles. The summed E-state index contributed by atoms with van der Waals surface area (Å²) in [4.78, 5) is 27.4. The first kappa shape index (κ1) is 17.9. The Morgan fingerprint density at radius 1 is 1.33 bits per heavy atom. The normalized spacial score (nSPS) is 13.1. The molecule has 0 fully saturated rings. The van der Waals surface area contributed by atoms with Crippen molar-refractivity contribution in [3.05, 3.63) is 46.4 Å². The van der Waals surface area contributed by atoms with Gasteiger partial charge in [-0.2, -0.15) is 0 Å². The molecule has 2 rings (SSSR count). The van der Waals surface area contributed by atoms with E-state index < -0.39 is 11.9 Å². The largest absolute Gasteiger partial charge is 0.497 e. The van der Waals surface area contributed by atoms with E-state index in [0.29, 0.717) is 18.5 Å². The van der Waals surface area contributed by atoms with Crippen LogP contribution in [0.3, 0.4) is 0 Å². The number of methoxy groups -OCH3 is 1. The molecule has 128 valence electrons. The minimum Gasteiger partial charge on any atom is -0.497 e. The van der Waals surface area contributed by atoms with Gasteiger partial charge in [-0.25, -0.2) is 4.98 Å². The SMILES string of the molecule is COc1ccc(C[C@@H](C[C@H](C)C(=O)O)NC(=O)c2cscn2)cc1. The molecule has 2 aromatic rings. The fourth-order valence-electron chi connectivity index (χ4n) is 2.35. The van der Waals surface area contributed by atoms with Crippen molar-refractivity contribution in [2.24, 2.45) is 5.92 Å². The number of nitrogens with zero attached hydrogens (tertiary/aromatic N) is 1. The number of rotatable bonds is 8. The fraction of sp³-hybridized carbons (Fsp3) is 0.353. The van der Waals surface area contributed by atoms with E-state index in [9.17, 15) is 9.59 Å².